The van der Waals surface area contributed by atoms with Crippen LogP contribution in [0.3, 0.4) is 0 Å². The van der Waals surface area contributed by atoms with E-state index in [4.69, 9.17) is 9.11 Å². The molecule has 2 unspecified atom stereocenters. The summed E-state index contributed by atoms with van der Waals surface area (Å²) in [5, 5.41) is 0. The summed E-state index contributed by atoms with van der Waals surface area (Å²) in [6.45, 7) is 14.0. The summed E-state index contributed by atoms with van der Waals surface area (Å²) in [7, 11) is -7.74. The third kappa shape index (κ3) is 8.42. The van der Waals surface area contributed by atoms with Crippen LogP contribution in [0.25, 0.3) is 0 Å². The van der Waals surface area contributed by atoms with Gasteiger partial charge in [0.15, 0.2) is 0 Å². The van der Waals surface area contributed by atoms with Crippen LogP contribution in [0.5, 0.6) is 0 Å². The van der Waals surface area contributed by atoms with E-state index in [2.05, 4.69) is 25.7 Å². The molecule has 11 heteroatoms. The zero-order valence-corrected chi connectivity index (χ0v) is 19.6. The van der Waals surface area contributed by atoms with Crippen LogP contribution < -0.4 is 6.15 Å². The van der Waals surface area contributed by atoms with Gasteiger partial charge in [0, 0.05) is 6.42 Å². The molecule has 2 atom stereocenters. The van der Waals surface area contributed by atoms with Gasteiger partial charge in [-0.05, 0) is 43.8 Å². The van der Waals surface area contributed by atoms with Gasteiger partial charge in [0.1, 0.15) is 5.78 Å². The third-order valence-corrected chi connectivity index (χ3v) is 6.77. The maximum absolute atomic E-state index is 11.9. The maximum Gasteiger partial charge on any atom is 0.265 e. The smallest absolute Gasteiger partial charge is 0.265 e. The number of carbonyl (C=O) groups is 1. The second-order valence-corrected chi connectivity index (χ2v) is 10.7. The average Bonchev–Trinajstić information content (AvgIpc) is 2.80. The Hall–Kier alpha value is -0.590. The molecular formula is C17H38N2O7S2. The molecule has 2 rings (SSSR count). The molecule has 170 valence electrons. The van der Waals surface area contributed by atoms with Crippen molar-refractivity contribution in [1.82, 2.24) is 11.1 Å². The summed E-state index contributed by atoms with van der Waals surface area (Å²) in [6.07, 6.45) is 2.69. The maximum atomic E-state index is 11.9. The Bertz CT molecular complexity index is 688. The summed E-state index contributed by atoms with van der Waals surface area (Å²) >= 11 is 0. The van der Waals surface area contributed by atoms with Gasteiger partial charge in [-0.15, -0.1) is 0 Å². The van der Waals surface area contributed by atoms with Crippen molar-refractivity contribution in [2.24, 2.45) is 16.7 Å². The highest BCUT2D eigenvalue weighted by atomic mass is 32.2. The standard InChI is InChI=1S/C10H16O4S.C6H15N.CH4O3S.H3N/c1-9(2)7-3-4-10(9,8(11)5-7)6-15(12,13)14;1-4-7(5-2)6-3;1-5(2,3)4;/h7H,3-6H2,1-2H3,(H,12,13,14);4-6H2,1-3H3;1H3,(H,2,3,4);1H3. The molecule has 0 spiro atoms. The number of Topliss-reactive ketones (excluding diaryl/α,β-unsaturated/α-hetero) is 1. The highest BCUT2D eigenvalue weighted by Crippen LogP contribution is 2.64. The molecule has 0 aromatic carbocycles. The molecule has 2 saturated carbocycles. The first-order valence-electron chi connectivity index (χ1n) is 9.17. The molecule has 0 heterocycles. The van der Waals surface area contributed by atoms with Crippen molar-refractivity contribution in [3.05, 3.63) is 0 Å². The Morgan fingerprint density at radius 2 is 1.43 bits per heavy atom. The summed E-state index contributed by atoms with van der Waals surface area (Å²) in [4.78, 5) is 14.3. The Morgan fingerprint density at radius 3 is 1.61 bits per heavy atom. The van der Waals surface area contributed by atoms with Crippen LogP contribution in [0.4, 0.5) is 0 Å². The second kappa shape index (κ2) is 11.0. The van der Waals surface area contributed by atoms with Crippen LogP contribution in [-0.4, -0.2) is 68.3 Å². The highest BCUT2D eigenvalue weighted by molar-refractivity contribution is 7.85. The lowest BCUT2D eigenvalue weighted by molar-refractivity contribution is -0.128. The summed E-state index contributed by atoms with van der Waals surface area (Å²) in [5.41, 5.74) is -1.12. The largest absolute Gasteiger partial charge is 0.344 e. The van der Waals surface area contributed by atoms with Crippen LogP contribution in [-0.2, 0) is 25.0 Å². The molecule has 2 aliphatic rings. The van der Waals surface area contributed by atoms with Crippen LogP contribution >= 0.6 is 0 Å². The van der Waals surface area contributed by atoms with E-state index in [1.807, 2.05) is 13.8 Å². The Balaban J connectivity index is 0. The number of hydrogen-bond acceptors (Lipinski definition) is 7. The van der Waals surface area contributed by atoms with Crippen molar-refractivity contribution in [2.45, 2.75) is 53.9 Å². The number of ketones is 1. The summed E-state index contributed by atoms with van der Waals surface area (Å²) in [5.74, 6) is -0.101. The van der Waals surface area contributed by atoms with Crippen molar-refractivity contribution in [2.75, 3.05) is 31.6 Å². The fraction of sp³-hybridized carbons (Fsp3) is 0.941. The van der Waals surface area contributed by atoms with Crippen LogP contribution in [0.15, 0.2) is 0 Å². The summed E-state index contributed by atoms with van der Waals surface area (Å²) < 4.78 is 56.8. The van der Waals surface area contributed by atoms with Gasteiger partial charge < -0.3 is 11.1 Å². The van der Waals surface area contributed by atoms with E-state index in [9.17, 15) is 21.6 Å². The first-order chi connectivity index (χ1) is 12.0. The van der Waals surface area contributed by atoms with Gasteiger partial charge in [0.2, 0.25) is 0 Å². The zero-order valence-electron chi connectivity index (χ0n) is 17.9. The van der Waals surface area contributed by atoms with Crippen LogP contribution in [0.2, 0.25) is 0 Å². The predicted octanol–water partition coefficient (Wildman–Crippen LogP) is 2.28. The third-order valence-electron chi connectivity index (χ3n) is 5.91. The van der Waals surface area contributed by atoms with Crippen molar-refractivity contribution >= 4 is 26.0 Å². The molecule has 0 aliphatic heterocycles. The van der Waals surface area contributed by atoms with Gasteiger partial charge in [0.05, 0.1) is 17.4 Å². The van der Waals surface area contributed by atoms with Gasteiger partial charge in [-0.25, -0.2) is 0 Å². The molecule has 0 amide bonds. The number of carbonyl (C=O) groups excluding carboxylic acids is 1. The Morgan fingerprint density at radius 1 is 1.04 bits per heavy atom. The molecule has 2 bridgehead atoms. The molecule has 28 heavy (non-hydrogen) atoms. The lowest BCUT2D eigenvalue weighted by Crippen LogP contribution is -2.42. The molecule has 0 aromatic heterocycles. The van der Waals surface area contributed by atoms with E-state index < -0.39 is 31.4 Å². The van der Waals surface area contributed by atoms with E-state index in [0.29, 0.717) is 19.1 Å². The van der Waals surface area contributed by atoms with Gasteiger partial charge in [0.25, 0.3) is 20.2 Å². The van der Waals surface area contributed by atoms with Crippen molar-refractivity contribution in [3.63, 3.8) is 0 Å². The normalized spacial score (nSPS) is 25.3. The molecule has 2 aliphatic carbocycles. The number of hydrogen-bond donors (Lipinski definition) is 3. The van der Waals surface area contributed by atoms with Crippen LogP contribution in [0.1, 0.15) is 53.9 Å². The lowest BCUT2D eigenvalue weighted by atomic mass is 9.70. The SMILES string of the molecule is CC1(C)C2CCC1(CS(=O)(=O)O)C(=O)C2.CCN(CC)CC.CS(=O)(=O)O.N. The molecule has 0 radical (unpaired) electrons. The van der Waals surface area contributed by atoms with E-state index in [-0.39, 0.29) is 23.3 Å². The summed E-state index contributed by atoms with van der Waals surface area (Å²) in [6, 6.07) is 0. The number of rotatable bonds is 5. The average molecular weight is 447 g/mol. The monoisotopic (exact) mass is 446 g/mol. The topological polar surface area (TPSA) is 164 Å². The van der Waals surface area contributed by atoms with E-state index in [1.165, 1.54) is 19.6 Å². The van der Waals surface area contributed by atoms with Gasteiger partial charge in [-0.2, -0.15) is 16.8 Å². The highest BCUT2D eigenvalue weighted by Gasteiger charge is 2.65. The van der Waals surface area contributed by atoms with Gasteiger partial charge in [-0.3, -0.25) is 13.9 Å². The fourth-order valence-electron chi connectivity index (χ4n) is 4.09. The predicted molar refractivity (Wildman–Crippen MR) is 111 cm³/mol. The fourth-order valence-corrected chi connectivity index (χ4v) is 5.39. The van der Waals surface area contributed by atoms with E-state index in [1.54, 1.807) is 0 Å². The van der Waals surface area contributed by atoms with E-state index in [0.717, 1.165) is 6.42 Å². The second-order valence-electron chi connectivity index (χ2n) is 7.75. The lowest BCUT2D eigenvalue weighted by Gasteiger charge is -2.35. The molecule has 5 N–H and O–H groups in total. The molecule has 9 nitrogen and oxygen atoms in total. The van der Waals surface area contributed by atoms with Crippen molar-refractivity contribution in [1.29, 1.82) is 0 Å². The Kier molecular flexibility index (Phi) is 11.6. The van der Waals surface area contributed by atoms with Gasteiger partial charge in [-0.1, -0.05) is 34.6 Å². The molecule has 0 saturated heterocycles. The number of nitrogens with zero attached hydrogens (tertiary/aromatic N) is 1. The quantitative estimate of drug-likeness (QED) is 0.537. The number of fused-ring (bicyclic) bond motifs is 2. The molecule has 2 fully saturated rings. The Labute approximate surface area is 170 Å². The van der Waals surface area contributed by atoms with Crippen LogP contribution in [0, 0.1) is 16.7 Å². The first kappa shape index (κ1) is 29.6. The first-order valence-corrected chi connectivity index (χ1v) is 12.6. The zero-order chi connectivity index (χ0) is 21.7. The molecular weight excluding hydrogens is 408 g/mol. The minimum atomic E-state index is -4.08. The minimum absolute atomic E-state index is 0. The van der Waals surface area contributed by atoms with Crippen molar-refractivity contribution in [3.8, 4) is 0 Å². The van der Waals surface area contributed by atoms with Crippen molar-refractivity contribution < 1.29 is 30.7 Å². The van der Waals surface area contributed by atoms with Gasteiger partial charge >= 0.3 is 0 Å². The van der Waals surface area contributed by atoms with E-state index >= 15 is 0 Å². The molecule has 0 aromatic rings. The minimum Gasteiger partial charge on any atom is -0.344 e.